The zero-order valence-corrected chi connectivity index (χ0v) is 15.6. The predicted molar refractivity (Wildman–Crippen MR) is 91.2 cm³/mol. The van der Waals surface area contributed by atoms with Gasteiger partial charge >= 0.3 is 12.8 Å². The van der Waals surface area contributed by atoms with Crippen LogP contribution in [0, 0.1) is 5.82 Å². The summed E-state index contributed by atoms with van der Waals surface area (Å²) >= 11 is 0. The van der Waals surface area contributed by atoms with Crippen molar-refractivity contribution in [3.8, 4) is 11.5 Å². The van der Waals surface area contributed by atoms with Gasteiger partial charge in [0.2, 0.25) is 0 Å². The largest absolute Gasteiger partial charge is 0.494 e. The molecule has 0 radical (unpaired) electrons. The molecule has 1 unspecified atom stereocenters. The number of aryl methyl sites for hydroxylation is 1. The van der Waals surface area contributed by atoms with Gasteiger partial charge in [-0.25, -0.2) is 4.39 Å². The van der Waals surface area contributed by atoms with E-state index in [2.05, 4.69) is 9.73 Å². The molecule has 0 N–H and O–H groups in total. The van der Waals surface area contributed by atoms with Crippen molar-refractivity contribution in [2.45, 2.75) is 38.1 Å². The number of benzene rings is 1. The van der Waals surface area contributed by atoms with Crippen LogP contribution in [0.5, 0.6) is 11.5 Å². The number of hydrogen-bond acceptors (Lipinski definition) is 3. The maximum Gasteiger partial charge on any atom is 0.417 e. The summed E-state index contributed by atoms with van der Waals surface area (Å²) in [6, 6.07) is 2.93. The number of rotatable bonds is 4. The standard InChI is InChI=1S/C19H18F6N2O2/c1-27-9-10(19(23,24)25)8-15(29-18(21)22)17(27)26-13-5-3-4-12-11(13)6-7-14(28-2)16(12)20/h6-9,13,18H,3-5H2,1-2H3/b26-17-. The molecule has 1 atom stereocenters. The molecule has 1 aromatic carbocycles. The Balaban J connectivity index is 2.15. The lowest BCUT2D eigenvalue weighted by atomic mass is 9.87. The Hall–Kier alpha value is -2.65. The molecule has 158 valence electrons. The predicted octanol–water partition coefficient (Wildman–Crippen LogP) is 4.77. The molecule has 0 amide bonds. The summed E-state index contributed by atoms with van der Waals surface area (Å²) in [5, 5.41) is 0. The lowest BCUT2D eigenvalue weighted by molar-refractivity contribution is -0.138. The second-order valence-electron chi connectivity index (χ2n) is 6.59. The van der Waals surface area contributed by atoms with Gasteiger partial charge in [0.05, 0.1) is 18.7 Å². The Kier molecular flexibility index (Phi) is 5.81. The molecule has 1 aliphatic rings. The molecule has 10 heteroatoms. The number of fused-ring (bicyclic) bond motifs is 1. The fourth-order valence-corrected chi connectivity index (χ4v) is 3.43. The maximum atomic E-state index is 14.6. The zero-order valence-electron chi connectivity index (χ0n) is 15.6. The Morgan fingerprint density at radius 1 is 1.21 bits per heavy atom. The highest BCUT2D eigenvalue weighted by molar-refractivity contribution is 5.41. The first-order chi connectivity index (χ1) is 13.6. The molecular weight excluding hydrogens is 402 g/mol. The molecule has 0 aliphatic heterocycles. The van der Waals surface area contributed by atoms with E-state index in [0.29, 0.717) is 36.5 Å². The zero-order chi connectivity index (χ0) is 21.3. The second kappa shape index (κ2) is 8.00. The normalized spacial score (nSPS) is 17.4. The third kappa shape index (κ3) is 4.35. The van der Waals surface area contributed by atoms with E-state index in [4.69, 9.17) is 4.74 Å². The number of methoxy groups -OCH3 is 1. The van der Waals surface area contributed by atoms with E-state index in [1.807, 2.05) is 0 Å². The van der Waals surface area contributed by atoms with Gasteiger partial charge in [-0.15, -0.1) is 0 Å². The van der Waals surface area contributed by atoms with E-state index in [1.165, 1.54) is 20.2 Å². The van der Waals surface area contributed by atoms with Crippen LogP contribution < -0.4 is 15.0 Å². The average Bonchev–Trinajstić information content (AvgIpc) is 2.63. The van der Waals surface area contributed by atoms with Crippen LogP contribution in [0.1, 0.15) is 35.6 Å². The number of pyridine rings is 1. The first kappa shape index (κ1) is 21.1. The van der Waals surface area contributed by atoms with Crippen LogP contribution in [0.3, 0.4) is 0 Å². The molecule has 0 fully saturated rings. The number of halogens is 6. The number of alkyl halides is 5. The Bertz CT molecular complexity index is 968. The molecular formula is C19H18F6N2O2. The summed E-state index contributed by atoms with van der Waals surface area (Å²) in [4.78, 5) is 4.36. The van der Waals surface area contributed by atoms with Crippen LogP contribution in [-0.4, -0.2) is 18.3 Å². The molecule has 0 spiro atoms. The van der Waals surface area contributed by atoms with Gasteiger partial charge < -0.3 is 14.0 Å². The van der Waals surface area contributed by atoms with E-state index in [0.717, 1.165) is 10.8 Å². The molecule has 29 heavy (non-hydrogen) atoms. The van der Waals surface area contributed by atoms with Crippen LogP contribution >= 0.6 is 0 Å². The Morgan fingerprint density at radius 3 is 2.55 bits per heavy atom. The van der Waals surface area contributed by atoms with Gasteiger partial charge in [-0.1, -0.05) is 6.07 Å². The van der Waals surface area contributed by atoms with Crippen molar-refractivity contribution >= 4 is 0 Å². The summed E-state index contributed by atoms with van der Waals surface area (Å²) in [5.74, 6) is -1.14. The summed E-state index contributed by atoms with van der Waals surface area (Å²) in [6.45, 7) is -3.33. The van der Waals surface area contributed by atoms with Gasteiger partial charge in [0, 0.05) is 13.2 Å². The smallest absolute Gasteiger partial charge is 0.417 e. The molecule has 0 bridgehead atoms. The third-order valence-corrected chi connectivity index (χ3v) is 4.72. The van der Waals surface area contributed by atoms with Gasteiger partial charge in [-0.3, -0.25) is 4.99 Å². The van der Waals surface area contributed by atoms with Crippen molar-refractivity contribution in [2.75, 3.05) is 7.11 Å². The van der Waals surface area contributed by atoms with E-state index < -0.39 is 36.0 Å². The number of ether oxygens (including phenoxy) is 2. The van der Waals surface area contributed by atoms with Gasteiger partial charge in [-0.2, -0.15) is 22.0 Å². The van der Waals surface area contributed by atoms with E-state index in [-0.39, 0.29) is 11.2 Å². The van der Waals surface area contributed by atoms with Gasteiger partial charge in [0.15, 0.2) is 22.8 Å². The molecule has 1 aliphatic carbocycles. The molecule has 1 aromatic heterocycles. The molecule has 3 rings (SSSR count). The van der Waals surface area contributed by atoms with Gasteiger partial charge in [-0.05, 0) is 42.5 Å². The minimum absolute atomic E-state index is 0.0752. The SMILES string of the molecule is COc1ccc2c(c1F)CCCC2/N=c1/c(OC(F)F)cc(C(F)(F)F)cn1C. The van der Waals surface area contributed by atoms with E-state index >= 15 is 0 Å². The fourth-order valence-electron chi connectivity index (χ4n) is 3.43. The van der Waals surface area contributed by atoms with Crippen LogP contribution in [-0.2, 0) is 19.6 Å². The lowest BCUT2D eigenvalue weighted by Crippen LogP contribution is -2.26. The summed E-state index contributed by atoms with van der Waals surface area (Å²) in [7, 11) is 2.59. The molecule has 2 aromatic rings. The monoisotopic (exact) mass is 420 g/mol. The van der Waals surface area contributed by atoms with Crippen LogP contribution in [0.4, 0.5) is 26.3 Å². The molecule has 0 saturated carbocycles. The van der Waals surface area contributed by atoms with Crippen molar-refractivity contribution in [3.63, 3.8) is 0 Å². The highest BCUT2D eigenvalue weighted by Crippen LogP contribution is 2.37. The first-order valence-electron chi connectivity index (χ1n) is 8.73. The highest BCUT2D eigenvalue weighted by atomic mass is 19.4. The third-order valence-electron chi connectivity index (χ3n) is 4.72. The first-order valence-corrected chi connectivity index (χ1v) is 8.73. The Morgan fingerprint density at radius 2 is 1.93 bits per heavy atom. The Labute approximate surface area is 162 Å². The van der Waals surface area contributed by atoms with Crippen molar-refractivity contribution in [2.24, 2.45) is 12.0 Å². The minimum atomic E-state index is -4.74. The van der Waals surface area contributed by atoms with Crippen LogP contribution in [0.2, 0.25) is 0 Å². The molecule has 1 heterocycles. The van der Waals surface area contributed by atoms with Crippen molar-refractivity contribution < 1.29 is 35.8 Å². The van der Waals surface area contributed by atoms with E-state index in [9.17, 15) is 26.3 Å². The maximum absolute atomic E-state index is 14.6. The molecule has 0 saturated heterocycles. The number of nitrogens with zero attached hydrogens (tertiary/aromatic N) is 2. The number of hydrogen-bond donors (Lipinski definition) is 0. The van der Waals surface area contributed by atoms with Gasteiger partial charge in [0.1, 0.15) is 0 Å². The second-order valence-corrected chi connectivity index (χ2v) is 6.59. The lowest BCUT2D eigenvalue weighted by Gasteiger charge is -2.24. The topological polar surface area (TPSA) is 35.8 Å². The van der Waals surface area contributed by atoms with Crippen molar-refractivity contribution in [1.82, 2.24) is 4.57 Å². The van der Waals surface area contributed by atoms with Crippen molar-refractivity contribution in [1.29, 1.82) is 0 Å². The number of aromatic nitrogens is 1. The minimum Gasteiger partial charge on any atom is -0.494 e. The average molecular weight is 420 g/mol. The summed E-state index contributed by atoms with van der Waals surface area (Å²) in [6.07, 6.45) is -2.50. The van der Waals surface area contributed by atoms with Crippen LogP contribution in [0.15, 0.2) is 29.4 Å². The van der Waals surface area contributed by atoms with Crippen LogP contribution in [0.25, 0.3) is 0 Å². The fraction of sp³-hybridized carbons (Fsp3) is 0.421. The summed E-state index contributed by atoms with van der Waals surface area (Å²) in [5.41, 5.74) is -0.394. The quantitative estimate of drug-likeness (QED) is 0.668. The summed E-state index contributed by atoms with van der Waals surface area (Å²) < 4.78 is 89.6. The van der Waals surface area contributed by atoms with Crippen molar-refractivity contribution in [3.05, 3.63) is 52.4 Å². The van der Waals surface area contributed by atoms with Gasteiger partial charge in [0.25, 0.3) is 0 Å². The molecule has 4 nitrogen and oxygen atoms in total. The highest BCUT2D eigenvalue weighted by Gasteiger charge is 2.33. The van der Waals surface area contributed by atoms with E-state index in [1.54, 1.807) is 6.07 Å².